The summed E-state index contributed by atoms with van der Waals surface area (Å²) in [6.07, 6.45) is 2.97. The Labute approximate surface area is 186 Å². The Balaban J connectivity index is 1.87. The fraction of sp³-hybridized carbons (Fsp3) is 0.182. The van der Waals surface area contributed by atoms with Crippen LogP contribution in [-0.2, 0) is 11.3 Å². The molecule has 0 aliphatic carbocycles. The van der Waals surface area contributed by atoms with Crippen molar-refractivity contribution in [2.24, 2.45) is 0 Å². The summed E-state index contributed by atoms with van der Waals surface area (Å²) < 4.78 is 15.0. The number of hydrogen-bond acceptors (Lipinski definition) is 5. The summed E-state index contributed by atoms with van der Waals surface area (Å²) >= 11 is 3.35. The van der Waals surface area contributed by atoms with E-state index in [0.29, 0.717) is 21.3 Å². The largest absolute Gasteiger partial charge is 0.320 e. The van der Waals surface area contributed by atoms with Gasteiger partial charge in [-0.1, -0.05) is 0 Å². The zero-order chi connectivity index (χ0) is 22.5. The van der Waals surface area contributed by atoms with Gasteiger partial charge in [0.05, 0.1) is 17.2 Å². The smallest absolute Gasteiger partial charge is 0.275 e. The number of rotatable bonds is 7. The van der Waals surface area contributed by atoms with Crippen molar-refractivity contribution in [3.8, 4) is 0 Å². The van der Waals surface area contributed by atoms with Crippen LogP contribution in [-0.4, -0.2) is 34.3 Å². The van der Waals surface area contributed by atoms with Crippen LogP contribution < -0.4 is 16.2 Å². The van der Waals surface area contributed by atoms with Crippen LogP contribution in [0.1, 0.15) is 28.4 Å². The Kier molecular flexibility index (Phi) is 7.09. The van der Waals surface area contributed by atoms with Gasteiger partial charge in [0, 0.05) is 23.5 Å². The first kappa shape index (κ1) is 22.5. The Morgan fingerprint density at radius 3 is 2.52 bits per heavy atom. The molecule has 3 rings (SSSR count). The number of carbonyl (C=O) groups excluding carboxylic acids is 2. The minimum atomic E-state index is -0.463. The number of amides is 1. The lowest BCUT2D eigenvalue weighted by molar-refractivity contribution is -0.117. The number of halogens is 2. The molecule has 0 fully saturated rings. The second-order valence-corrected chi connectivity index (χ2v) is 7.69. The molecule has 160 valence electrons. The van der Waals surface area contributed by atoms with Crippen LogP contribution in [0.5, 0.6) is 0 Å². The average molecular weight is 487 g/mol. The Morgan fingerprint density at radius 1 is 1.13 bits per heavy atom. The van der Waals surface area contributed by atoms with Gasteiger partial charge in [0.1, 0.15) is 11.5 Å². The Hall–Kier alpha value is -3.17. The summed E-state index contributed by atoms with van der Waals surface area (Å²) in [7, 11) is 1.65. The van der Waals surface area contributed by atoms with Gasteiger partial charge in [-0.3, -0.25) is 23.9 Å². The monoisotopic (exact) mass is 486 g/mol. The van der Waals surface area contributed by atoms with Gasteiger partial charge >= 0.3 is 0 Å². The van der Waals surface area contributed by atoms with Crippen molar-refractivity contribution in [2.45, 2.75) is 19.5 Å². The lowest BCUT2D eigenvalue weighted by atomic mass is 10.0. The molecule has 0 aliphatic rings. The van der Waals surface area contributed by atoms with Crippen molar-refractivity contribution in [1.29, 1.82) is 0 Å². The summed E-state index contributed by atoms with van der Waals surface area (Å²) in [5, 5.41) is 5.43. The predicted octanol–water partition coefficient (Wildman–Crippen LogP) is 2.97. The molecule has 1 atom stereocenters. The number of ketones is 1. The van der Waals surface area contributed by atoms with E-state index in [1.54, 1.807) is 32.3 Å². The molecule has 7 nitrogen and oxygen atoms in total. The van der Waals surface area contributed by atoms with Crippen molar-refractivity contribution in [3.63, 3.8) is 0 Å². The molecular weight excluding hydrogens is 467 g/mol. The van der Waals surface area contributed by atoms with E-state index in [4.69, 9.17) is 0 Å². The van der Waals surface area contributed by atoms with Gasteiger partial charge in [0.15, 0.2) is 5.78 Å². The highest BCUT2D eigenvalue weighted by molar-refractivity contribution is 9.10. The second-order valence-electron chi connectivity index (χ2n) is 6.88. The number of aromatic nitrogens is 2. The Bertz CT molecular complexity index is 1180. The highest BCUT2D eigenvalue weighted by Gasteiger charge is 2.15. The highest BCUT2D eigenvalue weighted by atomic mass is 79.9. The zero-order valence-corrected chi connectivity index (χ0v) is 18.4. The molecule has 2 heterocycles. The predicted molar refractivity (Wildman–Crippen MR) is 119 cm³/mol. The maximum Gasteiger partial charge on any atom is 0.275 e. The topological polar surface area (TPSA) is 93.1 Å². The average Bonchev–Trinajstić information content (AvgIpc) is 2.78. The van der Waals surface area contributed by atoms with Gasteiger partial charge in [-0.2, -0.15) is 0 Å². The van der Waals surface area contributed by atoms with E-state index >= 15 is 0 Å². The van der Waals surface area contributed by atoms with E-state index in [1.165, 1.54) is 41.1 Å². The van der Waals surface area contributed by atoms with Gasteiger partial charge in [-0.05, 0) is 77.9 Å². The number of pyridine rings is 2. The van der Waals surface area contributed by atoms with Gasteiger partial charge in [-0.25, -0.2) is 4.39 Å². The van der Waals surface area contributed by atoms with Crippen LogP contribution >= 0.6 is 15.9 Å². The molecular formula is C22H20BrFN4O3. The molecule has 2 N–H and O–H groups in total. The minimum Gasteiger partial charge on any atom is -0.320 e. The van der Waals surface area contributed by atoms with E-state index in [1.807, 2.05) is 0 Å². The van der Waals surface area contributed by atoms with Crippen LogP contribution in [0.25, 0.3) is 0 Å². The van der Waals surface area contributed by atoms with E-state index in [0.717, 1.165) is 0 Å². The van der Waals surface area contributed by atoms with Crippen LogP contribution in [0.15, 0.2) is 64.3 Å². The highest BCUT2D eigenvalue weighted by Crippen LogP contribution is 2.16. The van der Waals surface area contributed by atoms with Crippen molar-refractivity contribution in [3.05, 3.63) is 92.3 Å². The van der Waals surface area contributed by atoms with E-state index < -0.39 is 17.4 Å². The molecule has 0 radical (unpaired) electrons. The molecule has 3 aromatic rings. The molecule has 31 heavy (non-hydrogen) atoms. The molecule has 1 amide bonds. The number of likely N-dealkylation sites (N-methyl/N-ethyl adjacent to an activating group) is 1. The first-order valence-corrected chi connectivity index (χ1v) is 10.2. The third-order valence-electron chi connectivity index (χ3n) is 4.71. The third-order valence-corrected chi connectivity index (χ3v) is 5.40. The van der Waals surface area contributed by atoms with E-state index in [-0.39, 0.29) is 23.9 Å². The molecule has 1 aromatic carbocycles. The van der Waals surface area contributed by atoms with Crippen molar-refractivity contribution >= 4 is 33.3 Å². The van der Waals surface area contributed by atoms with Crippen LogP contribution in [0.3, 0.4) is 0 Å². The van der Waals surface area contributed by atoms with Gasteiger partial charge in [0.2, 0.25) is 5.91 Å². The van der Waals surface area contributed by atoms with E-state index in [9.17, 15) is 18.8 Å². The number of carbonyl (C=O) groups is 2. The number of anilines is 1. The second kappa shape index (κ2) is 9.76. The van der Waals surface area contributed by atoms with Gasteiger partial charge in [-0.15, -0.1) is 0 Å². The van der Waals surface area contributed by atoms with Crippen molar-refractivity contribution in [2.75, 3.05) is 12.4 Å². The minimum absolute atomic E-state index is 0.127. The summed E-state index contributed by atoms with van der Waals surface area (Å²) in [5.74, 6) is -1.06. The summed E-state index contributed by atoms with van der Waals surface area (Å²) in [5.41, 5.74) is 1.01. The number of hydrogen-bond donors (Lipinski definition) is 2. The number of nitrogens with zero attached hydrogens (tertiary/aromatic N) is 2. The summed E-state index contributed by atoms with van der Waals surface area (Å²) in [6.45, 7) is 1.81. The fourth-order valence-electron chi connectivity index (χ4n) is 2.82. The summed E-state index contributed by atoms with van der Waals surface area (Å²) in [6, 6.07) is 9.60. The molecule has 0 aliphatic heterocycles. The molecule has 9 heteroatoms. The maximum absolute atomic E-state index is 13.1. The molecule has 1 unspecified atom stereocenters. The SMILES string of the molecule is CNC(C)C(=O)Nc1ccc(Br)n(Cc2cncc(C(=O)c3ccc(F)cc3)c2)c1=O. The molecule has 0 spiro atoms. The van der Waals surface area contributed by atoms with Crippen molar-refractivity contribution < 1.29 is 14.0 Å². The molecule has 0 saturated carbocycles. The number of nitrogens with one attached hydrogen (secondary N) is 2. The van der Waals surface area contributed by atoms with Crippen LogP contribution in [0, 0.1) is 5.82 Å². The molecule has 0 bridgehead atoms. The number of benzene rings is 1. The lowest BCUT2D eigenvalue weighted by Gasteiger charge is -2.14. The molecule has 2 aromatic heterocycles. The van der Waals surface area contributed by atoms with Gasteiger partial charge in [0.25, 0.3) is 5.56 Å². The lowest BCUT2D eigenvalue weighted by Crippen LogP contribution is -2.37. The van der Waals surface area contributed by atoms with Crippen molar-refractivity contribution in [1.82, 2.24) is 14.9 Å². The Morgan fingerprint density at radius 2 is 1.84 bits per heavy atom. The first-order valence-electron chi connectivity index (χ1n) is 9.42. The van der Waals surface area contributed by atoms with Crippen LogP contribution in [0.2, 0.25) is 0 Å². The maximum atomic E-state index is 13.1. The zero-order valence-electron chi connectivity index (χ0n) is 16.9. The summed E-state index contributed by atoms with van der Waals surface area (Å²) in [4.78, 5) is 41.8. The standard InChI is InChI=1S/C22H20BrFN4O3/c1-13(25-2)21(30)27-18-7-8-19(23)28(22(18)31)12-14-9-16(11-26-10-14)20(29)15-3-5-17(24)6-4-15/h3-11,13,25H,12H2,1-2H3,(H,27,30). The van der Waals surface area contributed by atoms with Crippen LogP contribution in [0.4, 0.5) is 10.1 Å². The third kappa shape index (κ3) is 5.31. The normalized spacial score (nSPS) is 11.7. The fourth-order valence-corrected chi connectivity index (χ4v) is 3.24. The molecule has 0 saturated heterocycles. The van der Waals surface area contributed by atoms with E-state index in [2.05, 4.69) is 31.5 Å². The quantitative estimate of drug-likeness (QED) is 0.395. The first-order chi connectivity index (χ1) is 14.8. The van der Waals surface area contributed by atoms with Gasteiger partial charge < -0.3 is 10.6 Å².